The molecule has 1 aliphatic carbocycles. The number of aromatic amines is 1. The zero-order valence-corrected chi connectivity index (χ0v) is 13.3. The van der Waals surface area contributed by atoms with Gasteiger partial charge in [-0.3, -0.25) is 4.79 Å². The van der Waals surface area contributed by atoms with Gasteiger partial charge in [0.2, 0.25) is 0 Å². The predicted octanol–water partition coefficient (Wildman–Crippen LogP) is -0.00630. The van der Waals surface area contributed by atoms with Gasteiger partial charge in [-0.2, -0.15) is 0 Å². The number of aromatic nitrogens is 3. The number of nitrogens with zero attached hydrogens (tertiary/aromatic N) is 2. The van der Waals surface area contributed by atoms with Crippen molar-refractivity contribution >= 4 is 11.0 Å². The molecule has 0 bridgehead atoms. The van der Waals surface area contributed by atoms with Crippen molar-refractivity contribution in [2.45, 2.75) is 56.1 Å². The number of aliphatic hydroxyl groups is 3. The molecular formula is C16H21N3O5. The maximum absolute atomic E-state index is 12.3. The third kappa shape index (κ3) is 2.21. The summed E-state index contributed by atoms with van der Waals surface area (Å²) in [5.74, 6) is 0.323. The Kier molecular flexibility index (Phi) is 3.54. The van der Waals surface area contributed by atoms with Crippen LogP contribution < -0.4 is 5.56 Å². The Labute approximate surface area is 137 Å². The summed E-state index contributed by atoms with van der Waals surface area (Å²) >= 11 is 0. The number of H-pyrrole nitrogens is 1. The highest BCUT2D eigenvalue weighted by Crippen LogP contribution is 2.46. The summed E-state index contributed by atoms with van der Waals surface area (Å²) in [5, 5.41) is 30.8. The molecule has 0 spiro atoms. The topological polar surface area (TPSA) is 121 Å². The van der Waals surface area contributed by atoms with Crippen LogP contribution in [0.3, 0.4) is 0 Å². The van der Waals surface area contributed by atoms with Gasteiger partial charge in [0.15, 0.2) is 6.23 Å². The lowest BCUT2D eigenvalue weighted by Crippen LogP contribution is -2.43. The van der Waals surface area contributed by atoms with E-state index in [1.165, 1.54) is 13.3 Å². The van der Waals surface area contributed by atoms with E-state index in [-0.39, 0.29) is 18.6 Å². The first-order valence-electron chi connectivity index (χ1n) is 8.20. The summed E-state index contributed by atoms with van der Waals surface area (Å²) in [5.41, 5.74) is -0.441. The van der Waals surface area contributed by atoms with Crippen molar-refractivity contribution in [3.05, 3.63) is 28.4 Å². The van der Waals surface area contributed by atoms with Gasteiger partial charge in [-0.25, -0.2) is 4.98 Å². The molecule has 4 atom stereocenters. The van der Waals surface area contributed by atoms with Gasteiger partial charge in [0.1, 0.15) is 17.4 Å². The molecule has 8 heteroatoms. The maximum Gasteiger partial charge on any atom is 0.260 e. The van der Waals surface area contributed by atoms with E-state index in [0.29, 0.717) is 17.0 Å². The summed E-state index contributed by atoms with van der Waals surface area (Å²) < 4.78 is 7.47. The fraction of sp³-hybridized carbons (Fsp3) is 0.625. The molecular weight excluding hydrogens is 314 g/mol. The van der Waals surface area contributed by atoms with Crippen LogP contribution in [0.25, 0.3) is 11.0 Å². The molecule has 1 saturated heterocycles. The van der Waals surface area contributed by atoms with Crippen molar-refractivity contribution in [2.75, 3.05) is 6.61 Å². The molecule has 130 valence electrons. The third-order valence-electron chi connectivity index (χ3n) is 5.08. The van der Waals surface area contributed by atoms with E-state index < -0.39 is 24.0 Å². The van der Waals surface area contributed by atoms with Crippen molar-refractivity contribution in [1.29, 1.82) is 0 Å². The van der Waals surface area contributed by atoms with Crippen LogP contribution in [0.1, 0.15) is 43.9 Å². The second-order valence-electron chi connectivity index (χ2n) is 6.91. The molecule has 0 radical (unpaired) electrons. The van der Waals surface area contributed by atoms with Crippen LogP contribution in [-0.4, -0.2) is 54.3 Å². The molecule has 2 aromatic heterocycles. The molecule has 1 saturated carbocycles. The van der Waals surface area contributed by atoms with Gasteiger partial charge >= 0.3 is 0 Å². The monoisotopic (exact) mass is 335 g/mol. The van der Waals surface area contributed by atoms with Crippen LogP contribution in [0.5, 0.6) is 0 Å². The quantitative estimate of drug-likeness (QED) is 0.624. The van der Waals surface area contributed by atoms with Crippen molar-refractivity contribution in [3.63, 3.8) is 0 Å². The number of hydrogen-bond acceptors (Lipinski definition) is 6. The maximum atomic E-state index is 12.3. The molecule has 24 heavy (non-hydrogen) atoms. The summed E-state index contributed by atoms with van der Waals surface area (Å²) in [6.07, 6.45) is 2.68. The van der Waals surface area contributed by atoms with E-state index in [4.69, 9.17) is 9.84 Å². The molecule has 2 fully saturated rings. The van der Waals surface area contributed by atoms with Crippen LogP contribution in [0.15, 0.2) is 17.3 Å². The van der Waals surface area contributed by atoms with Crippen molar-refractivity contribution in [3.8, 4) is 0 Å². The number of aliphatic hydroxyl groups excluding tert-OH is 2. The number of ether oxygens (including phenoxy) is 1. The van der Waals surface area contributed by atoms with E-state index >= 15 is 0 Å². The van der Waals surface area contributed by atoms with Gasteiger partial charge in [-0.1, -0.05) is 0 Å². The Morgan fingerprint density at radius 1 is 1.50 bits per heavy atom. The molecule has 1 aliphatic heterocycles. The van der Waals surface area contributed by atoms with Gasteiger partial charge < -0.3 is 29.6 Å². The van der Waals surface area contributed by atoms with Crippen molar-refractivity contribution in [2.24, 2.45) is 0 Å². The van der Waals surface area contributed by atoms with E-state index in [9.17, 15) is 15.0 Å². The minimum atomic E-state index is -1.56. The van der Waals surface area contributed by atoms with Gasteiger partial charge in [0.05, 0.1) is 17.8 Å². The average molecular weight is 335 g/mol. The van der Waals surface area contributed by atoms with E-state index in [0.717, 1.165) is 18.4 Å². The second kappa shape index (κ2) is 5.38. The zero-order chi connectivity index (χ0) is 17.1. The summed E-state index contributed by atoms with van der Waals surface area (Å²) in [6.45, 7) is 1.34. The van der Waals surface area contributed by atoms with E-state index in [2.05, 4.69) is 9.97 Å². The lowest BCUT2D eigenvalue weighted by Gasteiger charge is -2.27. The van der Waals surface area contributed by atoms with E-state index in [1.54, 1.807) is 10.8 Å². The first kappa shape index (κ1) is 15.8. The lowest BCUT2D eigenvalue weighted by molar-refractivity contribution is -0.0941. The molecule has 3 heterocycles. The fourth-order valence-electron chi connectivity index (χ4n) is 3.60. The van der Waals surface area contributed by atoms with Crippen LogP contribution in [0.4, 0.5) is 0 Å². The molecule has 0 aromatic carbocycles. The van der Waals surface area contributed by atoms with Crippen LogP contribution in [0, 0.1) is 0 Å². The SMILES string of the molecule is CC1(O)C(O)C(CCO)OC1n1cc(C2CC2)c2c(=O)[nH]cnc21. The first-order valence-corrected chi connectivity index (χ1v) is 8.20. The number of fused-ring (bicyclic) bond motifs is 1. The summed E-state index contributed by atoms with van der Waals surface area (Å²) in [4.78, 5) is 19.1. The van der Waals surface area contributed by atoms with Crippen LogP contribution >= 0.6 is 0 Å². The molecule has 2 aromatic rings. The Morgan fingerprint density at radius 3 is 2.92 bits per heavy atom. The van der Waals surface area contributed by atoms with Gasteiger partial charge in [0, 0.05) is 12.8 Å². The van der Waals surface area contributed by atoms with Crippen LogP contribution in [0.2, 0.25) is 0 Å². The molecule has 4 N–H and O–H groups in total. The second-order valence-corrected chi connectivity index (χ2v) is 6.91. The Balaban J connectivity index is 1.85. The highest BCUT2D eigenvalue weighted by atomic mass is 16.6. The van der Waals surface area contributed by atoms with Crippen molar-refractivity contribution < 1.29 is 20.1 Å². The molecule has 0 amide bonds. The Morgan fingerprint density at radius 2 is 2.25 bits per heavy atom. The highest BCUT2D eigenvalue weighted by Gasteiger charge is 2.53. The number of rotatable bonds is 4. The summed E-state index contributed by atoms with van der Waals surface area (Å²) in [7, 11) is 0. The minimum Gasteiger partial charge on any atom is -0.396 e. The smallest absolute Gasteiger partial charge is 0.260 e. The van der Waals surface area contributed by atoms with Crippen molar-refractivity contribution in [1.82, 2.24) is 14.5 Å². The number of nitrogens with one attached hydrogen (secondary N) is 1. The minimum absolute atomic E-state index is 0.151. The molecule has 2 aliphatic rings. The molecule has 4 unspecified atom stereocenters. The average Bonchev–Trinajstić information content (AvgIpc) is 3.28. The van der Waals surface area contributed by atoms with E-state index in [1.807, 2.05) is 0 Å². The normalized spacial score (nSPS) is 33.4. The van der Waals surface area contributed by atoms with Gasteiger partial charge in [-0.15, -0.1) is 0 Å². The van der Waals surface area contributed by atoms with Crippen LogP contribution in [-0.2, 0) is 4.74 Å². The highest BCUT2D eigenvalue weighted by molar-refractivity contribution is 5.80. The predicted molar refractivity (Wildman–Crippen MR) is 84.6 cm³/mol. The first-order chi connectivity index (χ1) is 11.4. The summed E-state index contributed by atoms with van der Waals surface area (Å²) in [6, 6.07) is 0. The lowest BCUT2D eigenvalue weighted by atomic mass is 9.95. The number of hydrogen-bond donors (Lipinski definition) is 4. The largest absolute Gasteiger partial charge is 0.396 e. The Bertz CT molecular complexity index is 823. The standard InChI is InChI=1S/C16H21N3O5/c1-16(23)12(21)10(4-5-20)24-15(16)19-6-9(8-2-3-8)11-13(19)17-7-18-14(11)22/h6-8,10,12,15,20-21,23H,2-5H2,1H3,(H,17,18,22). The Hall–Kier alpha value is -1.74. The third-order valence-corrected chi connectivity index (χ3v) is 5.08. The molecule has 4 rings (SSSR count). The fourth-order valence-corrected chi connectivity index (χ4v) is 3.60. The van der Waals surface area contributed by atoms with Gasteiger partial charge in [-0.05, 0) is 37.7 Å². The zero-order valence-electron chi connectivity index (χ0n) is 13.3. The van der Waals surface area contributed by atoms with Gasteiger partial charge in [0.25, 0.3) is 5.56 Å². The molecule has 8 nitrogen and oxygen atoms in total.